The lowest BCUT2D eigenvalue weighted by Crippen LogP contribution is -2.40. The van der Waals surface area contributed by atoms with Gasteiger partial charge < -0.3 is 24.1 Å². The number of benzene rings is 2. The number of hydrogen-bond acceptors (Lipinski definition) is 8. The Morgan fingerprint density at radius 3 is 2.24 bits per heavy atom. The van der Waals surface area contributed by atoms with E-state index in [2.05, 4.69) is 4.98 Å². The van der Waals surface area contributed by atoms with Gasteiger partial charge in [-0.1, -0.05) is 72.8 Å². The molecule has 1 aromatic heterocycles. The molecule has 1 aliphatic carbocycles. The lowest BCUT2D eigenvalue weighted by Gasteiger charge is -2.40. The summed E-state index contributed by atoms with van der Waals surface area (Å²) in [5.41, 5.74) is 0.587. The maximum atomic E-state index is 12.6. The minimum atomic E-state index is -1.05. The summed E-state index contributed by atoms with van der Waals surface area (Å²) in [6.07, 6.45) is 7.37. The highest BCUT2D eigenvalue weighted by Gasteiger charge is 2.44. The highest BCUT2D eigenvalue weighted by Crippen LogP contribution is 2.44. The number of aliphatic hydroxyl groups is 1. The molecular formula is C31H34N2O7S. The molecule has 9 nitrogen and oxygen atoms in total. The number of ether oxygens (including phenoxy) is 4. The monoisotopic (exact) mass is 578 g/mol. The summed E-state index contributed by atoms with van der Waals surface area (Å²) in [6, 6.07) is 19.8. The molecule has 5 rings (SSSR count). The summed E-state index contributed by atoms with van der Waals surface area (Å²) < 4.78 is 25.7. The lowest BCUT2D eigenvalue weighted by molar-refractivity contribution is -0.168. The number of H-pyrrole nitrogens is 1. The third kappa shape index (κ3) is 5.63. The third-order valence-electron chi connectivity index (χ3n) is 7.72. The van der Waals surface area contributed by atoms with Gasteiger partial charge in [-0.25, -0.2) is 4.79 Å². The molecule has 216 valence electrons. The third-order valence-corrected chi connectivity index (χ3v) is 8.45. The van der Waals surface area contributed by atoms with Gasteiger partial charge in [-0.2, -0.15) is 0 Å². The van der Waals surface area contributed by atoms with Crippen molar-refractivity contribution in [1.82, 2.24) is 9.55 Å². The lowest BCUT2D eigenvalue weighted by atomic mass is 9.77. The average molecular weight is 579 g/mol. The van der Waals surface area contributed by atoms with E-state index < -0.39 is 41.1 Å². The molecular weight excluding hydrogens is 544 g/mol. The Labute approximate surface area is 242 Å². The van der Waals surface area contributed by atoms with Gasteiger partial charge in [-0.15, -0.1) is 11.8 Å². The summed E-state index contributed by atoms with van der Waals surface area (Å²) >= 11 is 1.23. The molecule has 41 heavy (non-hydrogen) atoms. The molecule has 0 saturated carbocycles. The first kappa shape index (κ1) is 29.2. The van der Waals surface area contributed by atoms with Gasteiger partial charge >= 0.3 is 5.69 Å². The predicted octanol–water partition coefficient (Wildman–Crippen LogP) is 3.74. The second kappa shape index (κ2) is 12.3. The van der Waals surface area contributed by atoms with Crippen LogP contribution in [0.2, 0.25) is 0 Å². The summed E-state index contributed by atoms with van der Waals surface area (Å²) in [7, 11) is 3.21. The first-order chi connectivity index (χ1) is 19.9. The largest absolute Gasteiger partial charge is 0.390 e. The van der Waals surface area contributed by atoms with Crippen molar-refractivity contribution in [1.29, 1.82) is 0 Å². The molecule has 10 heteroatoms. The molecule has 2 aliphatic rings. The SMILES string of the molecule is COC1(OC)C=CC(C(OC[C@H]2O[C@@H](n3cc(SC)c(=O)[nH]c3=O)C[C@@H]2O)(c2ccccc2)c2ccccc2)=CC1. The molecule has 0 radical (unpaired) electrons. The zero-order chi connectivity index (χ0) is 29.0. The van der Waals surface area contributed by atoms with Crippen LogP contribution in [0.3, 0.4) is 0 Å². The van der Waals surface area contributed by atoms with Crippen molar-refractivity contribution in [2.45, 2.75) is 47.6 Å². The first-order valence-corrected chi connectivity index (χ1v) is 14.6. The van der Waals surface area contributed by atoms with Crippen LogP contribution in [0.5, 0.6) is 0 Å². The van der Waals surface area contributed by atoms with Crippen molar-refractivity contribution >= 4 is 11.8 Å². The summed E-state index contributed by atoms with van der Waals surface area (Å²) in [6.45, 7) is 0.0276. The van der Waals surface area contributed by atoms with Crippen molar-refractivity contribution in [3.63, 3.8) is 0 Å². The van der Waals surface area contributed by atoms with Crippen LogP contribution in [0.25, 0.3) is 0 Å². The van der Waals surface area contributed by atoms with Crippen LogP contribution in [-0.4, -0.2) is 59.7 Å². The number of aromatic nitrogens is 2. The van der Waals surface area contributed by atoms with Gasteiger partial charge in [0.05, 0.1) is 17.6 Å². The van der Waals surface area contributed by atoms with Crippen LogP contribution in [0.4, 0.5) is 0 Å². The molecule has 3 aromatic rings. The minimum Gasteiger partial charge on any atom is -0.390 e. The van der Waals surface area contributed by atoms with Gasteiger partial charge in [0, 0.05) is 33.3 Å². The first-order valence-electron chi connectivity index (χ1n) is 13.3. The fourth-order valence-electron chi connectivity index (χ4n) is 5.42. The highest BCUT2D eigenvalue weighted by molar-refractivity contribution is 7.98. The van der Waals surface area contributed by atoms with E-state index in [1.54, 1.807) is 20.5 Å². The Hall–Kier alpha value is -3.25. The summed E-state index contributed by atoms with van der Waals surface area (Å²) in [5, 5.41) is 11.0. The number of aromatic amines is 1. The van der Waals surface area contributed by atoms with Crippen molar-refractivity contribution < 1.29 is 24.1 Å². The van der Waals surface area contributed by atoms with E-state index in [0.717, 1.165) is 16.7 Å². The Bertz CT molecular complexity index is 1470. The van der Waals surface area contributed by atoms with Crippen LogP contribution in [0.15, 0.2) is 105 Å². The maximum Gasteiger partial charge on any atom is 0.330 e. The molecule has 0 bridgehead atoms. The van der Waals surface area contributed by atoms with Gasteiger partial charge in [0.2, 0.25) is 0 Å². The quantitative estimate of drug-likeness (QED) is 0.277. The molecule has 0 spiro atoms. The standard InChI is InChI=1S/C31H34N2O7S/c1-37-30(38-2)16-14-23(15-17-30)31(21-10-6-4-7-11-21,22-12-8-5-9-13-22)39-20-25-24(34)18-27(40-25)33-19-26(41-3)28(35)32-29(33)36/h4-16,19,24-25,27,34H,17-18,20H2,1-3H3,(H,32,35,36)/t24-,25+,27+/m0/s1. The number of thioether (sulfide) groups is 1. The van der Waals surface area contributed by atoms with Gasteiger partial charge in [0.1, 0.15) is 17.9 Å². The molecule has 2 heterocycles. The second-order valence-electron chi connectivity index (χ2n) is 9.94. The van der Waals surface area contributed by atoms with E-state index in [4.69, 9.17) is 18.9 Å². The zero-order valence-electron chi connectivity index (χ0n) is 23.2. The Morgan fingerprint density at radius 1 is 1.07 bits per heavy atom. The average Bonchev–Trinajstić information content (AvgIpc) is 3.38. The van der Waals surface area contributed by atoms with Crippen LogP contribution < -0.4 is 11.2 Å². The Kier molecular flexibility index (Phi) is 8.79. The predicted molar refractivity (Wildman–Crippen MR) is 156 cm³/mol. The van der Waals surface area contributed by atoms with Crippen molar-refractivity contribution in [2.24, 2.45) is 0 Å². The normalized spacial score (nSPS) is 22.0. The van der Waals surface area contributed by atoms with Crippen LogP contribution in [0.1, 0.15) is 30.2 Å². The van der Waals surface area contributed by atoms with Gasteiger partial charge in [0.15, 0.2) is 5.79 Å². The number of aliphatic hydroxyl groups excluding tert-OH is 1. The van der Waals surface area contributed by atoms with E-state index in [-0.39, 0.29) is 13.0 Å². The number of hydrogen-bond donors (Lipinski definition) is 2. The zero-order valence-corrected chi connectivity index (χ0v) is 24.0. The molecule has 0 unspecified atom stereocenters. The number of methoxy groups -OCH3 is 2. The Morgan fingerprint density at radius 2 is 1.71 bits per heavy atom. The number of nitrogens with zero attached hydrogens (tertiary/aromatic N) is 1. The van der Waals surface area contributed by atoms with Crippen LogP contribution in [-0.2, 0) is 24.5 Å². The fraction of sp³-hybridized carbons (Fsp3) is 0.355. The minimum absolute atomic E-state index is 0.0276. The highest BCUT2D eigenvalue weighted by atomic mass is 32.2. The topological polar surface area (TPSA) is 112 Å². The summed E-state index contributed by atoms with van der Waals surface area (Å²) in [4.78, 5) is 27.3. The van der Waals surface area contributed by atoms with E-state index in [0.29, 0.717) is 11.3 Å². The van der Waals surface area contributed by atoms with Crippen molar-refractivity contribution in [2.75, 3.05) is 27.1 Å². The smallest absolute Gasteiger partial charge is 0.330 e. The summed E-state index contributed by atoms with van der Waals surface area (Å²) in [5.74, 6) is -0.875. The number of rotatable bonds is 10. The molecule has 2 aromatic carbocycles. The van der Waals surface area contributed by atoms with Crippen LogP contribution in [0, 0.1) is 0 Å². The van der Waals surface area contributed by atoms with Crippen molar-refractivity contribution in [3.8, 4) is 0 Å². The molecule has 2 N–H and O–H groups in total. The molecule has 1 fully saturated rings. The number of nitrogens with one attached hydrogen (secondary N) is 1. The Balaban J connectivity index is 1.50. The van der Waals surface area contributed by atoms with Gasteiger partial charge in [-0.3, -0.25) is 14.3 Å². The molecule has 0 amide bonds. The van der Waals surface area contributed by atoms with Crippen molar-refractivity contribution in [3.05, 3.63) is 123 Å². The van der Waals surface area contributed by atoms with Gasteiger partial charge in [-0.05, 0) is 29.0 Å². The van der Waals surface area contributed by atoms with Crippen LogP contribution >= 0.6 is 11.8 Å². The second-order valence-corrected chi connectivity index (χ2v) is 10.8. The fourth-order valence-corrected chi connectivity index (χ4v) is 5.87. The van der Waals surface area contributed by atoms with Gasteiger partial charge in [0.25, 0.3) is 5.56 Å². The molecule has 1 aliphatic heterocycles. The molecule has 1 saturated heterocycles. The maximum absolute atomic E-state index is 12.6. The van der Waals surface area contributed by atoms with E-state index >= 15 is 0 Å². The van der Waals surface area contributed by atoms with E-state index in [9.17, 15) is 14.7 Å². The molecule has 3 atom stereocenters. The van der Waals surface area contributed by atoms with E-state index in [1.807, 2.05) is 78.9 Å². The van der Waals surface area contributed by atoms with E-state index in [1.165, 1.54) is 22.5 Å².